The number of aromatic nitrogens is 2. The van der Waals surface area contributed by atoms with Crippen molar-refractivity contribution in [3.05, 3.63) is 87.0 Å². The second kappa shape index (κ2) is 8.60. The molecule has 1 amide bonds. The standard InChI is InChI=1S/C22H14F2N4O3S/c1-13(29)27(19-10-6-15(23)11-18(19)24)22-26-17(12-32-22)9-8-16-7-5-14-3-2-4-20(28(30)31)21(14)25-16/h2-12H,1H3/b9-8+. The number of thiazole rings is 1. The first kappa shape index (κ1) is 21.2. The lowest BCUT2D eigenvalue weighted by atomic mass is 10.1. The summed E-state index contributed by atoms with van der Waals surface area (Å²) in [6.07, 6.45) is 3.26. The van der Waals surface area contributed by atoms with Gasteiger partial charge in [-0.25, -0.2) is 18.7 Å². The highest BCUT2D eigenvalue weighted by atomic mass is 32.1. The molecule has 2 aromatic carbocycles. The number of pyridine rings is 1. The number of hydrogen-bond donors (Lipinski definition) is 0. The summed E-state index contributed by atoms with van der Waals surface area (Å²) in [6.45, 7) is 1.26. The maximum absolute atomic E-state index is 14.2. The van der Waals surface area contributed by atoms with Crippen LogP contribution in [0.25, 0.3) is 23.1 Å². The molecule has 0 saturated carbocycles. The molecular formula is C22H14F2N4O3S. The van der Waals surface area contributed by atoms with Crippen LogP contribution in [0.1, 0.15) is 18.3 Å². The van der Waals surface area contributed by atoms with Crippen LogP contribution < -0.4 is 4.90 Å². The van der Waals surface area contributed by atoms with Gasteiger partial charge in [0.25, 0.3) is 5.69 Å². The minimum Gasteiger partial charge on any atom is -0.274 e. The van der Waals surface area contributed by atoms with E-state index in [0.717, 1.165) is 22.3 Å². The van der Waals surface area contributed by atoms with Crippen molar-refractivity contribution in [2.45, 2.75) is 6.92 Å². The fraction of sp³-hybridized carbons (Fsp3) is 0.0455. The molecule has 0 aliphatic carbocycles. The van der Waals surface area contributed by atoms with Crippen molar-refractivity contribution in [3.8, 4) is 0 Å². The molecule has 0 spiro atoms. The Morgan fingerprint density at radius 1 is 1.09 bits per heavy atom. The van der Waals surface area contributed by atoms with Gasteiger partial charge in [-0.3, -0.25) is 19.8 Å². The van der Waals surface area contributed by atoms with Gasteiger partial charge in [0.2, 0.25) is 5.91 Å². The van der Waals surface area contributed by atoms with Crippen LogP contribution in [0.2, 0.25) is 0 Å². The van der Waals surface area contributed by atoms with E-state index in [1.807, 2.05) is 0 Å². The Hall–Kier alpha value is -4.05. The van der Waals surface area contributed by atoms with E-state index in [1.165, 1.54) is 19.1 Å². The third-order valence-corrected chi connectivity index (χ3v) is 5.35. The molecule has 32 heavy (non-hydrogen) atoms. The lowest BCUT2D eigenvalue weighted by molar-refractivity contribution is -0.383. The number of anilines is 2. The molecular weight excluding hydrogens is 438 g/mol. The first-order chi connectivity index (χ1) is 15.3. The summed E-state index contributed by atoms with van der Waals surface area (Å²) < 4.78 is 27.5. The molecule has 0 N–H and O–H groups in total. The van der Waals surface area contributed by atoms with Crippen LogP contribution in [-0.2, 0) is 4.79 Å². The number of carbonyl (C=O) groups is 1. The number of amides is 1. The normalized spacial score (nSPS) is 11.2. The van der Waals surface area contributed by atoms with Crippen molar-refractivity contribution in [1.29, 1.82) is 0 Å². The van der Waals surface area contributed by atoms with Gasteiger partial charge in [0.1, 0.15) is 17.2 Å². The largest absolute Gasteiger partial charge is 0.295 e. The summed E-state index contributed by atoms with van der Waals surface area (Å²) in [5.74, 6) is -2.11. The van der Waals surface area contributed by atoms with Gasteiger partial charge in [0.05, 0.1) is 22.0 Å². The van der Waals surface area contributed by atoms with Crippen LogP contribution >= 0.6 is 11.3 Å². The van der Waals surface area contributed by atoms with Gasteiger partial charge in [0.15, 0.2) is 5.13 Å². The molecule has 0 unspecified atom stereocenters. The summed E-state index contributed by atoms with van der Waals surface area (Å²) in [5, 5.41) is 13.8. The van der Waals surface area contributed by atoms with Crippen LogP contribution in [0.4, 0.5) is 25.3 Å². The van der Waals surface area contributed by atoms with Crippen molar-refractivity contribution >= 4 is 56.8 Å². The highest BCUT2D eigenvalue weighted by Gasteiger charge is 2.21. The summed E-state index contributed by atoms with van der Waals surface area (Å²) in [5.41, 5.74) is 1.03. The van der Waals surface area contributed by atoms with Crippen molar-refractivity contribution in [3.63, 3.8) is 0 Å². The average molecular weight is 452 g/mol. The predicted octanol–water partition coefficient (Wildman–Crippen LogP) is 5.73. The van der Waals surface area contributed by atoms with Gasteiger partial charge in [-0.05, 0) is 30.4 Å². The summed E-state index contributed by atoms with van der Waals surface area (Å²) >= 11 is 1.11. The van der Waals surface area contributed by atoms with Gasteiger partial charge in [-0.1, -0.05) is 18.2 Å². The zero-order chi connectivity index (χ0) is 22.8. The monoisotopic (exact) mass is 452 g/mol. The second-order valence-electron chi connectivity index (χ2n) is 6.68. The lowest BCUT2D eigenvalue weighted by Crippen LogP contribution is -2.23. The van der Waals surface area contributed by atoms with E-state index < -0.39 is 22.5 Å². The summed E-state index contributed by atoms with van der Waals surface area (Å²) in [6, 6.07) is 11.1. The zero-order valence-electron chi connectivity index (χ0n) is 16.5. The molecule has 7 nitrogen and oxygen atoms in total. The second-order valence-corrected chi connectivity index (χ2v) is 7.52. The topological polar surface area (TPSA) is 89.2 Å². The van der Waals surface area contributed by atoms with Crippen molar-refractivity contribution in [2.75, 3.05) is 4.90 Å². The Labute approximate surface area is 184 Å². The predicted molar refractivity (Wildman–Crippen MR) is 119 cm³/mol. The number of fused-ring (bicyclic) bond motifs is 1. The molecule has 160 valence electrons. The van der Waals surface area contributed by atoms with Gasteiger partial charge in [-0.2, -0.15) is 0 Å². The molecule has 2 heterocycles. The number of nitrogens with zero attached hydrogens (tertiary/aromatic N) is 4. The number of nitro groups is 1. The molecule has 0 atom stereocenters. The van der Waals surface area contributed by atoms with Gasteiger partial charge >= 0.3 is 0 Å². The highest BCUT2D eigenvalue weighted by molar-refractivity contribution is 7.14. The SMILES string of the molecule is CC(=O)N(c1nc(/C=C/c2ccc3cccc([N+](=O)[O-])c3n2)cs1)c1ccc(F)cc1F. The van der Waals surface area contributed by atoms with Crippen LogP contribution in [0.3, 0.4) is 0 Å². The van der Waals surface area contributed by atoms with Crippen LogP contribution in [0.5, 0.6) is 0 Å². The van der Waals surface area contributed by atoms with E-state index in [-0.39, 0.29) is 22.0 Å². The fourth-order valence-electron chi connectivity index (χ4n) is 3.08. The number of nitro benzene ring substituents is 1. The molecule has 4 rings (SSSR count). The lowest BCUT2D eigenvalue weighted by Gasteiger charge is -2.18. The molecule has 0 fully saturated rings. The first-order valence-electron chi connectivity index (χ1n) is 9.27. The minimum absolute atomic E-state index is 0.0906. The third-order valence-electron chi connectivity index (χ3n) is 4.51. The summed E-state index contributed by atoms with van der Waals surface area (Å²) in [7, 11) is 0. The number of para-hydroxylation sites is 1. The van der Waals surface area contributed by atoms with Crippen LogP contribution in [0.15, 0.2) is 53.9 Å². The number of carbonyl (C=O) groups excluding carboxylic acids is 1. The average Bonchev–Trinajstić information content (AvgIpc) is 3.21. The van der Waals surface area contributed by atoms with Crippen molar-refractivity contribution < 1.29 is 18.5 Å². The Balaban J connectivity index is 1.64. The van der Waals surface area contributed by atoms with Crippen LogP contribution in [0, 0.1) is 21.7 Å². The Bertz CT molecular complexity index is 1390. The molecule has 0 radical (unpaired) electrons. The van der Waals surface area contributed by atoms with E-state index in [0.29, 0.717) is 22.8 Å². The molecule has 0 aliphatic heterocycles. The van der Waals surface area contributed by atoms with Crippen LogP contribution in [-0.4, -0.2) is 20.8 Å². The number of non-ortho nitro benzene ring substituents is 1. The van der Waals surface area contributed by atoms with E-state index in [4.69, 9.17) is 0 Å². The fourth-order valence-corrected chi connectivity index (χ4v) is 3.93. The summed E-state index contributed by atoms with van der Waals surface area (Å²) in [4.78, 5) is 32.6. The van der Waals surface area contributed by atoms with E-state index in [9.17, 15) is 23.7 Å². The van der Waals surface area contributed by atoms with E-state index in [2.05, 4.69) is 9.97 Å². The number of rotatable bonds is 5. The van der Waals surface area contributed by atoms with Crippen molar-refractivity contribution in [2.24, 2.45) is 0 Å². The Kier molecular flexibility index (Phi) is 5.69. The first-order valence-corrected chi connectivity index (χ1v) is 10.1. The molecule has 0 aliphatic rings. The van der Waals surface area contributed by atoms with Crippen molar-refractivity contribution in [1.82, 2.24) is 9.97 Å². The smallest absolute Gasteiger partial charge is 0.274 e. The zero-order valence-corrected chi connectivity index (χ0v) is 17.3. The quantitative estimate of drug-likeness (QED) is 0.285. The molecule has 0 saturated heterocycles. The Morgan fingerprint density at radius 2 is 1.88 bits per heavy atom. The number of benzene rings is 2. The molecule has 4 aromatic rings. The van der Waals surface area contributed by atoms with Gasteiger partial charge in [0, 0.05) is 29.8 Å². The molecule has 10 heteroatoms. The maximum atomic E-state index is 14.2. The molecule has 2 aromatic heterocycles. The highest BCUT2D eigenvalue weighted by Crippen LogP contribution is 2.31. The maximum Gasteiger partial charge on any atom is 0.295 e. The number of halogens is 2. The minimum atomic E-state index is -0.880. The van der Waals surface area contributed by atoms with Gasteiger partial charge in [-0.15, -0.1) is 11.3 Å². The third kappa shape index (κ3) is 4.21. The Morgan fingerprint density at radius 3 is 2.59 bits per heavy atom. The van der Waals surface area contributed by atoms with Gasteiger partial charge < -0.3 is 0 Å². The molecule has 0 bridgehead atoms. The number of hydrogen-bond acceptors (Lipinski definition) is 6. The van der Waals surface area contributed by atoms with E-state index >= 15 is 0 Å². The van der Waals surface area contributed by atoms with E-state index in [1.54, 1.807) is 41.8 Å².